The Bertz CT molecular complexity index is 119. The summed E-state index contributed by atoms with van der Waals surface area (Å²) in [5.41, 5.74) is 0. The Balaban J connectivity index is 2.24. The maximum atomic E-state index is 11.7. The molecule has 66 valence electrons. The van der Waals surface area contributed by atoms with Crippen molar-refractivity contribution in [3.05, 3.63) is 0 Å². The van der Waals surface area contributed by atoms with Gasteiger partial charge in [-0.25, -0.2) is 0 Å². The van der Waals surface area contributed by atoms with Crippen molar-refractivity contribution in [2.45, 2.75) is 18.6 Å². The fourth-order valence-electron chi connectivity index (χ4n) is 1.03. The van der Waals surface area contributed by atoms with Crippen LogP contribution >= 0.6 is 0 Å². The van der Waals surface area contributed by atoms with E-state index in [0.717, 1.165) is 0 Å². The Morgan fingerprint density at radius 3 is 2.64 bits per heavy atom. The van der Waals surface area contributed by atoms with Crippen LogP contribution in [0.15, 0.2) is 0 Å². The van der Waals surface area contributed by atoms with Gasteiger partial charge in [0.1, 0.15) is 0 Å². The molecule has 0 radical (unpaired) electrons. The van der Waals surface area contributed by atoms with Crippen molar-refractivity contribution in [1.82, 2.24) is 5.32 Å². The number of morpholine rings is 1. The van der Waals surface area contributed by atoms with E-state index in [9.17, 15) is 13.2 Å². The molecule has 1 rings (SSSR count). The highest BCUT2D eigenvalue weighted by molar-refractivity contribution is 4.73. The summed E-state index contributed by atoms with van der Waals surface area (Å²) in [6.45, 7) is 1.19. The molecule has 1 aliphatic rings. The van der Waals surface area contributed by atoms with Crippen LogP contribution in [0.1, 0.15) is 6.42 Å². The zero-order valence-corrected chi connectivity index (χ0v) is 5.95. The molecule has 1 heterocycles. The van der Waals surface area contributed by atoms with Gasteiger partial charge in [0.05, 0.1) is 19.6 Å². The lowest BCUT2D eigenvalue weighted by Gasteiger charge is -2.24. The molecule has 0 aromatic rings. The Morgan fingerprint density at radius 2 is 2.18 bits per heavy atom. The number of nitrogens with one attached hydrogen (secondary N) is 1. The summed E-state index contributed by atoms with van der Waals surface area (Å²) in [6, 6.07) is -0.552. The van der Waals surface area contributed by atoms with E-state index in [2.05, 4.69) is 5.32 Å². The number of rotatable bonds is 1. The lowest BCUT2D eigenvalue weighted by molar-refractivity contribution is -0.145. The van der Waals surface area contributed by atoms with Crippen LogP contribution in [0.5, 0.6) is 0 Å². The van der Waals surface area contributed by atoms with E-state index < -0.39 is 18.6 Å². The van der Waals surface area contributed by atoms with Gasteiger partial charge >= 0.3 is 6.18 Å². The van der Waals surface area contributed by atoms with Crippen LogP contribution in [0.3, 0.4) is 0 Å². The van der Waals surface area contributed by atoms with Gasteiger partial charge in [0, 0.05) is 12.6 Å². The van der Waals surface area contributed by atoms with Crippen molar-refractivity contribution >= 4 is 0 Å². The first-order valence-corrected chi connectivity index (χ1v) is 3.46. The first kappa shape index (κ1) is 8.80. The molecule has 0 amide bonds. The minimum atomic E-state index is -4.08. The number of hydrogen-bond acceptors (Lipinski definition) is 2. The van der Waals surface area contributed by atoms with Gasteiger partial charge in [0.25, 0.3) is 0 Å². The van der Waals surface area contributed by atoms with Gasteiger partial charge in [0.2, 0.25) is 0 Å². The predicted octanol–water partition coefficient (Wildman–Crippen LogP) is 0.927. The first-order valence-electron chi connectivity index (χ1n) is 3.46. The third kappa shape index (κ3) is 3.57. The molecular weight excluding hydrogens is 159 g/mol. The summed E-state index contributed by atoms with van der Waals surface area (Å²) in [5, 5.41) is 2.73. The normalized spacial score (nSPS) is 27.0. The van der Waals surface area contributed by atoms with E-state index in [0.29, 0.717) is 13.2 Å². The monoisotopic (exact) mass is 169 g/mol. The molecule has 0 aromatic carbocycles. The van der Waals surface area contributed by atoms with E-state index >= 15 is 0 Å². The van der Waals surface area contributed by atoms with Crippen molar-refractivity contribution in [2.75, 3.05) is 19.8 Å². The van der Waals surface area contributed by atoms with Crippen LogP contribution in [-0.2, 0) is 4.74 Å². The molecule has 0 unspecified atom stereocenters. The summed E-state index contributed by atoms with van der Waals surface area (Å²) in [5.74, 6) is 0. The third-order valence-electron chi connectivity index (χ3n) is 1.48. The van der Waals surface area contributed by atoms with Gasteiger partial charge in [0.15, 0.2) is 0 Å². The van der Waals surface area contributed by atoms with Crippen LogP contribution in [0.4, 0.5) is 13.2 Å². The van der Waals surface area contributed by atoms with Gasteiger partial charge in [-0.2, -0.15) is 13.2 Å². The van der Waals surface area contributed by atoms with E-state index in [4.69, 9.17) is 4.74 Å². The van der Waals surface area contributed by atoms with E-state index in [1.807, 2.05) is 0 Å². The maximum absolute atomic E-state index is 11.7. The van der Waals surface area contributed by atoms with Crippen LogP contribution in [0, 0.1) is 0 Å². The van der Waals surface area contributed by atoms with Crippen molar-refractivity contribution in [3.8, 4) is 0 Å². The molecule has 2 nitrogen and oxygen atoms in total. The number of ether oxygens (including phenoxy) is 1. The van der Waals surface area contributed by atoms with E-state index in [1.54, 1.807) is 0 Å². The lowest BCUT2D eigenvalue weighted by atomic mass is 10.2. The number of halogens is 3. The molecular formula is C6H10F3NO. The molecule has 0 aromatic heterocycles. The fourth-order valence-corrected chi connectivity index (χ4v) is 1.03. The van der Waals surface area contributed by atoms with Gasteiger partial charge in [-0.1, -0.05) is 0 Å². The van der Waals surface area contributed by atoms with Gasteiger partial charge in [-0.15, -0.1) is 0 Å². The Kier molecular flexibility index (Phi) is 2.72. The zero-order chi connectivity index (χ0) is 8.32. The van der Waals surface area contributed by atoms with E-state index in [-0.39, 0.29) is 6.61 Å². The summed E-state index contributed by atoms with van der Waals surface area (Å²) in [4.78, 5) is 0. The van der Waals surface area contributed by atoms with Gasteiger partial charge < -0.3 is 10.1 Å². The second-order valence-corrected chi connectivity index (χ2v) is 2.55. The lowest BCUT2D eigenvalue weighted by Crippen LogP contribution is -2.43. The molecule has 0 saturated carbocycles. The summed E-state index contributed by atoms with van der Waals surface area (Å²) < 4.78 is 40.1. The van der Waals surface area contributed by atoms with Gasteiger partial charge in [-0.3, -0.25) is 0 Å². The van der Waals surface area contributed by atoms with Crippen LogP contribution in [-0.4, -0.2) is 32.0 Å². The van der Waals surface area contributed by atoms with Gasteiger partial charge in [-0.05, 0) is 0 Å². The van der Waals surface area contributed by atoms with Crippen LogP contribution in [0.2, 0.25) is 0 Å². The van der Waals surface area contributed by atoms with Crippen molar-refractivity contribution in [3.63, 3.8) is 0 Å². The second-order valence-electron chi connectivity index (χ2n) is 2.55. The molecule has 1 fully saturated rings. The average Bonchev–Trinajstić information content (AvgIpc) is 1.85. The summed E-state index contributed by atoms with van der Waals surface area (Å²) in [6.07, 6.45) is -4.88. The van der Waals surface area contributed by atoms with Crippen molar-refractivity contribution in [1.29, 1.82) is 0 Å². The minimum Gasteiger partial charge on any atom is -0.379 e. The predicted molar refractivity (Wildman–Crippen MR) is 33.3 cm³/mol. The third-order valence-corrected chi connectivity index (χ3v) is 1.48. The fraction of sp³-hybridized carbons (Fsp3) is 1.00. The average molecular weight is 169 g/mol. The SMILES string of the molecule is FC(F)(F)C[C@H]1COCCN1. The highest BCUT2D eigenvalue weighted by atomic mass is 19.4. The smallest absolute Gasteiger partial charge is 0.379 e. The molecule has 11 heavy (non-hydrogen) atoms. The summed E-state index contributed by atoms with van der Waals surface area (Å²) in [7, 11) is 0. The quantitative estimate of drug-likeness (QED) is 0.630. The molecule has 1 N–H and O–H groups in total. The number of hydrogen-bond donors (Lipinski definition) is 1. The van der Waals surface area contributed by atoms with Crippen LogP contribution in [0.25, 0.3) is 0 Å². The highest BCUT2D eigenvalue weighted by Gasteiger charge is 2.32. The molecule has 5 heteroatoms. The summed E-state index contributed by atoms with van der Waals surface area (Å²) >= 11 is 0. The minimum absolute atomic E-state index is 0.166. The molecule has 0 aliphatic carbocycles. The van der Waals surface area contributed by atoms with Crippen LogP contribution < -0.4 is 5.32 Å². The first-order chi connectivity index (χ1) is 5.08. The Morgan fingerprint density at radius 1 is 1.45 bits per heavy atom. The van der Waals surface area contributed by atoms with Crippen molar-refractivity contribution < 1.29 is 17.9 Å². The Labute approximate surface area is 62.7 Å². The molecule has 0 spiro atoms. The highest BCUT2D eigenvalue weighted by Crippen LogP contribution is 2.22. The maximum Gasteiger partial charge on any atom is 0.390 e. The molecule has 1 aliphatic heterocycles. The topological polar surface area (TPSA) is 21.3 Å². The van der Waals surface area contributed by atoms with E-state index in [1.165, 1.54) is 0 Å². The van der Waals surface area contributed by atoms with Crippen molar-refractivity contribution in [2.24, 2.45) is 0 Å². The zero-order valence-electron chi connectivity index (χ0n) is 5.95. The molecule has 0 bridgehead atoms. The standard InChI is InChI=1S/C6H10F3NO/c7-6(8,9)3-5-4-11-2-1-10-5/h5,10H,1-4H2/t5-/m0/s1. The number of alkyl halides is 3. The second kappa shape index (κ2) is 3.40. The molecule has 1 saturated heterocycles. The Hall–Kier alpha value is -0.290. The largest absolute Gasteiger partial charge is 0.390 e. The molecule has 1 atom stereocenters.